The van der Waals surface area contributed by atoms with Gasteiger partial charge in [0.15, 0.2) is 0 Å². The van der Waals surface area contributed by atoms with Crippen LogP contribution in [0, 0.1) is 0 Å². The monoisotopic (exact) mass is 463 g/mol. The van der Waals surface area contributed by atoms with E-state index in [9.17, 15) is 18.0 Å². The lowest BCUT2D eigenvalue weighted by Crippen LogP contribution is -2.20. The third-order valence-corrected chi connectivity index (χ3v) is 5.62. The summed E-state index contributed by atoms with van der Waals surface area (Å²) in [5.74, 6) is -0.661. The van der Waals surface area contributed by atoms with Gasteiger partial charge in [-0.25, -0.2) is 0 Å². The van der Waals surface area contributed by atoms with Crippen molar-refractivity contribution in [2.75, 3.05) is 19.5 Å². The molecule has 0 aliphatic rings. The summed E-state index contributed by atoms with van der Waals surface area (Å²) in [6.07, 6.45) is 0.287. The Kier molecular flexibility index (Phi) is 8.59. The predicted molar refractivity (Wildman–Crippen MR) is 119 cm³/mol. The summed E-state index contributed by atoms with van der Waals surface area (Å²) in [6.45, 7) is 1.63. The lowest BCUT2D eigenvalue weighted by Gasteiger charge is -2.11. The second-order valence-electron chi connectivity index (χ2n) is 6.68. The summed E-state index contributed by atoms with van der Waals surface area (Å²) in [7, 11) is -1.17. The Hall–Kier alpha value is -3.60. The number of nitrogens with zero attached hydrogens (tertiary/aromatic N) is 1. The first-order chi connectivity index (χ1) is 15.2. The van der Waals surface area contributed by atoms with Crippen LogP contribution in [0.25, 0.3) is 0 Å². The zero-order valence-electron chi connectivity index (χ0n) is 17.9. The van der Waals surface area contributed by atoms with E-state index in [-0.39, 0.29) is 35.8 Å². The third-order valence-electron chi connectivity index (χ3n) is 4.37. The van der Waals surface area contributed by atoms with Gasteiger partial charge >= 0.3 is 5.97 Å². The van der Waals surface area contributed by atoms with E-state index < -0.39 is 16.0 Å². The molecular weight excluding hydrogens is 438 g/mol. The average Bonchev–Trinajstić information content (AvgIpc) is 2.77. The number of anilines is 1. The highest BCUT2D eigenvalue weighted by Gasteiger charge is 2.20. The average molecular weight is 464 g/mol. The fraction of sp³-hybridized carbons (Fsp3) is 0.286. The molecule has 0 aromatic heterocycles. The van der Waals surface area contributed by atoms with E-state index in [2.05, 4.69) is 15.2 Å². The summed E-state index contributed by atoms with van der Waals surface area (Å²) in [5.41, 5.74) is 1.57. The van der Waals surface area contributed by atoms with E-state index in [0.29, 0.717) is 22.7 Å². The fourth-order valence-corrected chi connectivity index (χ4v) is 3.67. The summed E-state index contributed by atoms with van der Waals surface area (Å²) in [4.78, 5) is 24.4. The molecule has 0 saturated heterocycles. The molecule has 0 aliphatic carbocycles. The number of sulfonamides is 1. The third kappa shape index (κ3) is 6.98. The smallest absolute Gasteiger partial charge is 0.303 e. The van der Waals surface area contributed by atoms with Gasteiger partial charge < -0.3 is 19.9 Å². The Balaban J connectivity index is 2.05. The minimum atomic E-state index is -3.99. The number of benzene rings is 2. The van der Waals surface area contributed by atoms with Crippen LogP contribution in [0.1, 0.15) is 31.7 Å². The van der Waals surface area contributed by atoms with E-state index in [1.54, 1.807) is 31.2 Å². The number of carboxylic acid groups (broad SMARTS) is 1. The summed E-state index contributed by atoms with van der Waals surface area (Å²) < 4.78 is 35.5. The normalized spacial score (nSPS) is 11.5. The van der Waals surface area contributed by atoms with Crippen molar-refractivity contribution in [1.29, 1.82) is 0 Å². The van der Waals surface area contributed by atoms with Crippen LogP contribution in [-0.4, -0.2) is 45.3 Å². The molecule has 0 saturated carbocycles. The second-order valence-corrected chi connectivity index (χ2v) is 8.31. The lowest BCUT2D eigenvalue weighted by atomic mass is 10.1. The molecule has 172 valence electrons. The maximum absolute atomic E-state index is 12.6. The highest BCUT2D eigenvalue weighted by atomic mass is 32.2. The largest absolute Gasteiger partial charge is 0.497 e. The lowest BCUT2D eigenvalue weighted by molar-refractivity contribution is -0.137. The maximum atomic E-state index is 12.6. The minimum Gasteiger partial charge on any atom is -0.497 e. The topological polar surface area (TPSA) is 143 Å². The van der Waals surface area contributed by atoms with Crippen molar-refractivity contribution in [2.45, 2.75) is 31.1 Å². The molecule has 0 atom stereocenters. The van der Waals surface area contributed by atoms with Crippen molar-refractivity contribution in [3.05, 3.63) is 48.0 Å². The molecule has 0 fully saturated rings. The SMILES string of the molecule is COc1ccc(S(=O)(=O)NN=C(C)c2ccc(NC(=O)CCCC(=O)O)cc2)c(OC)c1. The molecule has 0 unspecified atom stereocenters. The molecule has 0 radical (unpaired) electrons. The number of rotatable bonds is 11. The summed E-state index contributed by atoms with van der Waals surface area (Å²) >= 11 is 0. The number of ether oxygens (including phenoxy) is 2. The molecule has 10 nitrogen and oxygen atoms in total. The first-order valence-corrected chi connectivity index (χ1v) is 11.0. The second kappa shape index (κ2) is 11.1. The standard InChI is InChI=1S/C21H25N3O7S/c1-14(15-7-9-16(10-8-15)22-20(25)5-4-6-21(26)27)23-24-32(28,29)19-12-11-17(30-2)13-18(19)31-3/h7-13,24H,4-6H2,1-3H3,(H,22,25)(H,26,27). The Morgan fingerprint density at radius 1 is 1.03 bits per heavy atom. The van der Waals surface area contributed by atoms with Gasteiger partial charge in [0, 0.05) is 24.6 Å². The van der Waals surface area contributed by atoms with E-state index >= 15 is 0 Å². The molecule has 3 N–H and O–H groups in total. The Morgan fingerprint density at radius 3 is 2.31 bits per heavy atom. The van der Waals surface area contributed by atoms with Crippen LogP contribution < -0.4 is 19.6 Å². The van der Waals surface area contributed by atoms with E-state index in [4.69, 9.17) is 14.6 Å². The van der Waals surface area contributed by atoms with E-state index in [1.807, 2.05) is 0 Å². The van der Waals surface area contributed by atoms with Gasteiger partial charge in [-0.1, -0.05) is 12.1 Å². The molecular formula is C21H25N3O7S. The van der Waals surface area contributed by atoms with Crippen molar-refractivity contribution >= 4 is 33.3 Å². The quantitative estimate of drug-likeness (QED) is 0.343. The summed E-state index contributed by atoms with van der Waals surface area (Å²) in [6, 6.07) is 11.0. The number of nitrogens with one attached hydrogen (secondary N) is 2. The van der Waals surface area contributed by atoms with Crippen LogP contribution in [0.15, 0.2) is 52.5 Å². The highest BCUT2D eigenvalue weighted by molar-refractivity contribution is 7.89. The van der Waals surface area contributed by atoms with Crippen molar-refractivity contribution in [2.24, 2.45) is 5.10 Å². The van der Waals surface area contributed by atoms with Crippen molar-refractivity contribution in [3.63, 3.8) is 0 Å². The van der Waals surface area contributed by atoms with E-state index in [0.717, 1.165) is 0 Å². The van der Waals surface area contributed by atoms with Crippen LogP contribution in [0.4, 0.5) is 5.69 Å². The van der Waals surface area contributed by atoms with Gasteiger partial charge in [0.25, 0.3) is 10.0 Å². The number of carboxylic acids is 1. The van der Waals surface area contributed by atoms with Gasteiger partial charge in [0.2, 0.25) is 5.91 Å². The van der Waals surface area contributed by atoms with Crippen molar-refractivity contribution in [3.8, 4) is 11.5 Å². The van der Waals surface area contributed by atoms with Gasteiger partial charge in [0.05, 0.1) is 19.9 Å². The molecule has 2 rings (SSSR count). The number of hydrazone groups is 1. The van der Waals surface area contributed by atoms with Gasteiger partial charge in [-0.05, 0) is 43.2 Å². The van der Waals surface area contributed by atoms with Crippen LogP contribution in [0.5, 0.6) is 11.5 Å². The maximum Gasteiger partial charge on any atom is 0.303 e. The van der Waals surface area contributed by atoms with Gasteiger partial charge in [0.1, 0.15) is 16.4 Å². The molecule has 0 spiro atoms. The van der Waals surface area contributed by atoms with Crippen molar-refractivity contribution < 1.29 is 32.6 Å². The number of carbonyl (C=O) groups is 2. The molecule has 0 bridgehead atoms. The first-order valence-electron chi connectivity index (χ1n) is 9.56. The number of aliphatic carboxylic acids is 1. The number of hydrogen-bond donors (Lipinski definition) is 3. The molecule has 2 aromatic rings. The molecule has 1 amide bonds. The number of methoxy groups -OCH3 is 2. The molecule has 2 aromatic carbocycles. The molecule has 32 heavy (non-hydrogen) atoms. The highest BCUT2D eigenvalue weighted by Crippen LogP contribution is 2.28. The molecule has 0 aliphatic heterocycles. The zero-order valence-corrected chi connectivity index (χ0v) is 18.7. The number of hydrogen-bond acceptors (Lipinski definition) is 7. The Labute approximate surface area is 186 Å². The fourth-order valence-electron chi connectivity index (χ4n) is 2.66. The first kappa shape index (κ1) is 24.7. The Morgan fingerprint density at radius 2 is 1.72 bits per heavy atom. The predicted octanol–water partition coefficient (Wildman–Crippen LogP) is 2.60. The van der Waals surface area contributed by atoms with Crippen LogP contribution in [0.3, 0.4) is 0 Å². The van der Waals surface area contributed by atoms with E-state index in [1.165, 1.54) is 32.4 Å². The van der Waals surface area contributed by atoms with Gasteiger partial charge in [-0.3, -0.25) is 9.59 Å². The van der Waals surface area contributed by atoms with Crippen LogP contribution in [0.2, 0.25) is 0 Å². The minimum absolute atomic E-state index is 0.0691. The number of amides is 1. The van der Waals surface area contributed by atoms with Crippen molar-refractivity contribution in [1.82, 2.24) is 4.83 Å². The Bertz CT molecular complexity index is 1100. The van der Waals surface area contributed by atoms with Gasteiger partial charge in [-0.15, -0.1) is 0 Å². The zero-order chi connectivity index (χ0) is 23.7. The van der Waals surface area contributed by atoms with Crippen LogP contribution >= 0.6 is 0 Å². The van der Waals surface area contributed by atoms with Gasteiger partial charge in [-0.2, -0.15) is 18.4 Å². The number of carbonyl (C=O) groups excluding carboxylic acids is 1. The van der Waals surface area contributed by atoms with Crippen LogP contribution in [-0.2, 0) is 19.6 Å². The summed E-state index contributed by atoms with van der Waals surface area (Å²) in [5, 5.41) is 15.2. The molecule has 11 heteroatoms. The molecule has 0 heterocycles.